The van der Waals surface area contributed by atoms with E-state index in [1.165, 1.54) is 0 Å². The predicted molar refractivity (Wildman–Crippen MR) is 137 cm³/mol. The molecular weight excluding hydrogens is 460 g/mol. The first kappa shape index (κ1) is 22.7. The van der Waals surface area contributed by atoms with Crippen molar-refractivity contribution in [1.29, 1.82) is 0 Å². The number of hydrogen-bond donors (Lipinski definition) is 0. The first-order chi connectivity index (χ1) is 17.2. The molecule has 0 aliphatic rings. The van der Waals surface area contributed by atoms with Gasteiger partial charge in [0.05, 0.1) is 50.3 Å². The van der Waals surface area contributed by atoms with E-state index in [1.807, 2.05) is 83.1 Å². The van der Waals surface area contributed by atoms with Crippen molar-refractivity contribution < 1.29 is 18.7 Å². The van der Waals surface area contributed by atoms with Crippen LogP contribution in [0.5, 0.6) is 11.5 Å². The van der Waals surface area contributed by atoms with Gasteiger partial charge >= 0.3 is 0 Å². The molecule has 0 atom stereocenters. The number of rotatable bonds is 8. The maximum absolute atomic E-state index is 14.0. The SMILES string of the molecule is COc1ccc(-c2cc(C(=O)N(Cc3ccco3)Cc3cccs3)c3ccccc3n2)cc1OC. The van der Waals surface area contributed by atoms with Gasteiger partial charge in [-0.05, 0) is 53.9 Å². The Labute approximate surface area is 207 Å². The van der Waals surface area contributed by atoms with Gasteiger partial charge in [0.2, 0.25) is 0 Å². The lowest BCUT2D eigenvalue weighted by molar-refractivity contribution is 0.0721. The van der Waals surface area contributed by atoms with Gasteiger partial charge in [-0.25, -0.2) is 4.98 Å². The molecule has 0 saturated heterocycles. The number of amides is 1. The minimum absolute atomic E-state index is 0.0878. The fourth-order valence-electron chi connectivity index (χ4n) is 4.05. The van der Waals surface area contributed by atoms with Crippen molar-refractivity contribution in [2.24, 2.45) is 0 Å². The van der Waals surface area contributed by atoms with Gasteiger partial charge in [-0.3, -0.25) is 4.79 Å². The molecule has 2 aromatic carbocycles. The molecular formula is C28H24N2O4S. The average Bonchev–Trinajstić information content (AvgIpc) is 3.61. The van der Waals surface area contributed by atoms with Crippen molar-refractivity contribution in [3.8, 4) is 22.8 Å². The Morgan fingerprint density at radius 3 is 2.54 bits per heavy atom. The molecule has 0 N–H and O–H groups in total. The summed E-state index contributed by atoms with van der Waals surface area (Å²) in [5.41, 5.74) is 2.85. The Balaban J connectivity index is 1.60. The number of methoxy groups -OCH3 is 2. The van der Waals surface area contributed by atoms with Crippen molar-refractivity contribution in [1.82, 2.24) is 9.88 Å². The smallest absolute Gasteiger partial charge is 0.255 e. The number of para-hydroxylation sites is 1. The summed E-state index contributed by atoms with van der Waals surface area (Å²) in [6.07, 6.45) is 1.63. The van der Waals surface area contributed by atoms with E-state index >= 15 is 0 Å². The molecule has 0 spiro atoms. The molecule has 3 heterocycles. The molecule has 7 heteroatoms. The third kappa shape index (κ3) is 4.76. The van der Waals surface area contributed by atoms with Gasteiger partial charge in [-0.1, -0.05) is 24.3 Å². The largest absolute Gasteiger partial charge is 0.493 e. The number of nitrogens with zero attached hydrogens (tertiary/aromatic N) is 2. The third-order valence-electron chi connectivity index (χ3n) is 5.77. The summed E-state index contributed by atoms with van der Waals surface area (Å²) < 4.78 is 16.4. The summed E-state index contributed by atoms with van der Waals surface area (Å²) in [6.45, 7) is 0.853. The van der Waals surface area contributed by atoms with E-state index in [0.717, 1.165) is 27.1 Å². The van der Waals surface area contributed by atoms with Crippen LogP contribution in [-0.4, -0.2) is 30.0 Å². The van der Waals surface area contributed by atoms with E-state index in [1.54, 1.807) is 31.8 Å². The minimum atomic E-state index is -0.0878. The van der Waals surface area contributed by atoms with Crippen LogP contribution in [0.4, 0.5) is 0 Å². The summed E-state index contributed by atoms with van der Waals surface area (Å²) in [5.74, 6) is 1.88. The normalized spacial score (nSPS) is 10.9. The molecule has 5 aromatic rings. The van der Waals surface area contributed by atoms with Gasteiger partial charge in [0.25, 0.3) is 5.91 Å². The Kier molecular flexibility index (Phi) is 6.50. The Morgan fingerprint density at radius 1 is 0.943 bits per heavy atom. The van der Waals surface area contributed by atoms with Crippen LogP contribution in [0.25, 0.3) is 22.2 Å². The number of benzene rings is 2. The monoisotopic (exact) mass is 484 g/mol. The summed E-state index contributed by atoms with van der Waals surface area (Å²) >= 11 is 1.63. The first-order valence-corrected chi connectivity index (χ1v) is 12.0. The molecule has 3 aromatic heterocycles. The number of fused-ring (bicyclic) bond motifs is 1. The van der Waals surface area contributed by atoms with Gasteiger partial charge in [0.15, 0.2) is 11.5 Å². The second-order valence-electron chi connectivity index (χ2n) is 7.96. The molecule has 0 saturated carbocycles. The van der Waals surface area contributed by atoms with E-state index in [9.17, 15) is 4.79 Å². The van der Waals surface area contributed by atoms with Crippen molar-refractivity contribution in [3.05, 3.63) is 101 Å². The van der Waals surface area contributed by atoms with E-state index in [2.05, 4.69) is 0 Å². The van der Waals surface area contributed by atoms with Crippen LogP contribution in [0.1, 0.15) is 21.0 Å². The fourth-order valence-corrected chi connectivity index (χ4v) is 4.77. The maximum Gasteiger partial charge on any atom is 0.255 e. The highest BCUT2D eigenvalue weighted by atomic mass is 32.1. The highest BCUT2D eigenvalue weighted by Gasteiger charge is 2.22. The third-order valence-corrected chi connectivity index (χ3v) is 6.63. The number of aromatic nitrogens is 1. The minimum Gasteiger partial charge on any atom is -0.493 e. The topological polar surface area (TPSA) is 64.8 Å². The number of furan rings is 1. The number of carbonyl (C=O) groups excluding carboxylic acids is 1. The van der Waals surface area contributed by atoms with Crippen LogP contribution in [0.15, 0.2) is 88.9 Å². The lowest BCUT2D eigenvalue weighted by atomic mass is 10.0. The Bertz CT molecular complexity index is 1410. The second kappa shape index (κ2) is 10.0. The summed E-state index contributed by atoms with van der Waals surface area (Å²) in [4.78, 5) is 21.8. The molecule has 0 radical (unpaired) electrons. The van der Waals surface area contributed by atoms with Gasteiger partial charge in [0.1, 0.15) is 5.76 Å². The van der Waals surface area contributed by atoms with Crippen LogP contribution < -0.4 is 9.47 Å². The van der Waals surface area contributed by atoms with E-state index in [4.69, 9.17) is 18.9 Å². The first-order valence-electron chi connectivity index (χ1n) is 11.1. The van der Waals surface area contributed by atoms with E-state index in [-0.39, 0.29) is 5.91 Å². The number of hydrogen-bond acceptors (Lipinski definition) is 6. The number of thiophene rings is 1. The number of carbonyl (C=O) groups is 1. The van der Waals surface area contributed by atoms with Crippen LogP contribution >= 0.6 is 11.3 Å². The van der Waals surface area contributed by atoms with Gasteiger partial charge < -0.3 is 18.8 Å². The van der Waals surface area contributed by atoms with Crippen LogP contribution in [-0.2, 0) is 13.1 Å². The summed E-state index contributed by atoms with van der Waals surface area (Å²) in [5, 5.41) is 2.82. The Hall–Kier alpha value is -4.10. The van der Waals surface area contributed by atoms with Crippen molar-refractivity contribution in [2.45, 2.75) is 13.1 Å². The predicted octanol–water partition coefficient (Wildman–Crippen LogP) is 6.42. The zero-order valence-electron chi connectivity index (χ0n) is 19.4. The molecule has 0 unspecified atom stereocenters. The molecule has 6 nitrogen and oxygen atoms in total. The highest BCUT2D eigenvalue weighted by molar-refractivity contribution is 7.09. The lowest BCUT2D eigenvalue weighted by Gasteiger charge is -2.22. The van der Waals surface area contributed by atoms with Gasteiger partial charge in [0, 0.05) is 15.8 Å². The molecule has 176 valence electrons. The van der Waals surface area contributed by atoms with Crippen LogP contribution in [0, 0.1) is 0 Å². The fraction of sp³-hybridized carbons (Fsp3) is 0.143. The zero-order chi connectivity index (χ0) is 24.2. The van der Waals surface area contributed by atoms with Gasteiger partial charge in [-0.15, -0.1) is 11.3 Å². The molecule has 0 fully saturated rings. The van der Waals surface area contributed by atoms with Gasteiger partial charge in [-0.2, -0.15) is 0 Å². The second-order valence-corrected chi connectivity index (χ2v) is 8.99. The molecule has 0 aliphatic carbocycles. The average molecular weight is 485 g/mol. The van der Waals surface area contributed by atoms with E-state index < -0.39 is 0 Å². The summed E-state index contributed by atoms with van der Waals surface area (Å²) in [7, 11) is 3.20. The number of pyridine rings is 1. The summed E-state index contributed by atoms with van der Waals surface area (Å²) in [6, 6.07) is 22.9. The van der Waals surface area contributed by atoms with Crippen molar-refractivity contribution in [3.63, 3.8) is 0 Å². The van der Waals surface area contributed by atoms with Crippen molar-refractivity contribution in [2.75, 3.05) is 14.2 Å². The maximum atomic E-state index is 14.0. The quantitative estimate of drug-likeness (QED) is 0.254. The zero-order valence-corrected chi connectivity index (χ0v) is 20.2. The molecule has 35 heavy (non-hydrogen) atoms. The molecule has 5 rings (SSSR count). The molecule has 1 amide bonds. The van der Waals surface area contributed by atoms with Crippen molar-refractivity contribution >= 4 is 28.1 Å². The van der Waals surface area contributed by atoms with E-state index in [0.29, 0.717) is 35.8 Å². The molecule has 0 bridgehead atoms. The van der Waals surface area contributed by atoms with Crippen LogP contribution in [0.3, 0.4) is 0 Å². The highest BCUT2D eigenvalue weighted by Crippen LogP contribution is 2.33. The Morgan fingerprint density at radius 2 is 1.80 bits per heavy atom. The number of ether oxygens (including phenoxy) is 2. The lowest BCUT2D eigenvalue weighted by Crippen LogP contribution is -2.30. The standard InChI is InChI=1S/C28H24N2O4S/c1-32-26-12-11-19(15-27(26)33-2)25-16-23(22-9-3-4-10-24(22)29-25)28(31)30(17-20-7-5-13-34-20)18-21-8-6-14-35-21/h3-16H,17-18H2,1-2H3. The molecule has 0 aliphatic heterocycles. The van der Waals surface area contributed by atoms with Crippen LogP contribution in [0.2, 0.25) is 0 Å².